The Morgan fingerprint density at radius 2 is 2.07 bits per heavy atom. The minimum Gasteiger partial charge on any atom is -0.329 e. The van der Waals surface area contributed by atoms with Crippen molar-refractivity contribution >= 4 is 24.4 Å². The Balaban J connectivity index is 2.74. The number of nitrogens with one attached hydrogen (secondary N) is 1. The third-order valence-electron chi connectivity index (χ3n) is 1.53. The van der Waals surface area contributed by atoms with Gasteiger partial charge < -0.3 is 9.42 Å². The van der Waals surface area contributed by atoms with Crippen LogP contribution in [0.5, 0.6) is 0 Å². The molecule has 0 bridgehead atoms. The molecule has 1 aromatic carbocycles. The molecule has 76 valence electrons. The molecule has 2 N–H and O–H groups in total. The Hall–Kier alpha value is -0.740. The topological polar surface area (TPSA) is 58.6 Å². The average Bonchev–Trinajstić information content (AvgIpc) is 2.19. The first-order valence-electron chi connectivity index (χ1n) is 3.81. The number of amides is 1. The van der Waals surface area contributed by atoms with Gasteiger partial charge in [-0.2, -0.15) is 0 Å². The fraction of sp³-hybridized carbons (Fsp3) is 0.125. The average molecular weight is 231 g/mol. The van der Waals surface area contributed by atoms with Crippen molar-refractivity contribution in [1.82, 2.24) is 5.09 Å². The lowest BCUT2D eigenvalue weighted by atomic mass is 10.2. The second kappa shape index (κ2) is 4.66. The van der Waals surface area contributed by atoms with E-state index in [1.165, 1.54) is 7.11 Å². The standard InChI is InChI=1S/C8H10NO3PS/c1-12-13(11,14)9-8(10)7-5-3-2-4-6-7/h2-6H,1H3,(H2,9,10,11,14). The Kier molecular flexibility index (Phi) is 3.77. The van der Waals surface area contributed by atoms with Crippen LogP contribution in [0.15, 0.2) is 30.3 Å². The number of rotatable bonds is 3. The van der Waals surface area contributed by atoms with E-state index < -0.39 is 12.5 Å². The van der Waals surface area contributed by atoms with E-state index in [-0.39, 0.29) is 0 Å². The summed E-state index contributed by atoms with van der Waals surface area (Å²) < 4.78 is 4.58. The normalized spacial score (nSPS) is 14.4. The lowest BCUT2D eigenvalue weighted by Crippen LogP contribution is -2.20. The summed E-state index contributed by atoms with van der Waals surface area (Å²) in [5.74, 6) is -0.432. The molecular formula is C8H10NO3PS. The van der Waals surface area contributed by atoms with Crippen LogP contribution >= 0.6 is 6.64 Å². The number of carbonyl (C=O) groups excluding carboxylic acids is 1. The summed E-state index contributed by atoms with van der Waals surface area (Å²) >= 11 is 4.63. The molecular weight excluding hydrogens is 221 g/mol. The quantitative estimate of drug-likeness (QED) is 0.769. The van der Waals surface area contributed by atoms with Gasteiger partial charge in [0.2, 0.25) is 0 Å². The Morgan fingerprint density at radius 3 is 2.57 bits per heavy atom. The third-order valence-corrected chi connectivity index (χ3v) is 3.23. The molecule has 1 aromatic rings. The van der Waals surface area contributed by atoms with Gasteiger partial charge >= 0.3 is 0 Å². The third kappa shape index (κ3) is 3.20. The summed E-state index contributed by atoms with van der Waals surface area (Å²) in [7, 11) is 1.26. The SMILES string of the molecule is COP(O)(=S)NC(=O)c1ccccc1. The van der Waals surface area contributed by atoms with E-state index in [0.717, 1.165) is 0 Å². The van der Waals surface area contributed by atoms with E-state index in [2.05, 4.69) is 21.4 Å². The van der Waals surface area contributed by atoms with E-state index in [4.69, 9.17) is 0 Å². The van der Waals surface area contributed by atoms with E-state index in [1.54, 1.807) is 30.3 Å². The zero-order valence-corrected chi connectivity index (χ0v) is 9.22. The van der Waals surface area contributed by atoms with Gasteiger partial charge in [0.25, 0.3) is 12.5 Å². The summed E-state index contributed by atoms with van der Waals surface area (Å²) in [6, 6.07) is 8.49. The van der Waals surface area contributed by atoms with Crippen molar-refractivity contribution in [2.75, 3.05) is 7.11 Å². The molecule has 14 heavy (non-hydrogen) atoms. The Morgan fingerprint density at radius 1 is 1.50 bits per heavy atom. The molecule has 0 aliphatic heterocycles. The van der Waals surface area contributed by atoms with Crippen LogP contribution in [0.4, 0.5) is 0 Å². The summed E-state index contributed by atoms with van der Waals surface area (Å²) in [6.07, 6.45) is 0. The van der Waals surface area contributed by atoms with Gasteiger partial charge in [0, 0.05) is 12.7 Å². The minimum atomic E-state index is -3.16. The summed E-state index contributed by atoms with van der Waals surface area (Å²) in [5.41, 5.74) is 0.438. The lowest BCUT2D eigenvalue weighted by Gasteiger charge is -2.13. The number of hydrogen-bond donors (Lipinski definition) is 2. The maximum Gasteiger partial charge on any atom is 0.287 e. The predicted molar refractivity (Wildman–Crippen MR) is 57.4 cm³/mol. The van der Waals surface area contributed by atoms with Crippen LogP contribution in [0.2, 0.25) is 0 Å². The predicted octanol–water partition coefficient (Wildman–Crippen LogP) is 1.28. The molecule has 1 rings (SSSR count). The highest BCUT2D eigenvalue weighted by Crippen LogP contribution is 2.35. The molecule has 0 aliphatic rings. The lowest BCUT2D eigenvalue weighted by molar-refractivity contribution is 0.0975. The van der Waals surface area contributed by atoms with Crippen LogP contribution < -0.4 is 5.09 Å². The van der Waals surface area contributed by atoms with Crippen molar-refractivity contribution in [3.8, 4) is 0 Å². The van der Waals surface area contributed by atoms with Crippen LogP contribution in [-0.2, 0) is 16.3 Å². The molecule has 1 atom stereocenters. The molecule has 0 saturated carbocycles. The highest BCUT2D eigenvalue weighted by Gasteiger charge is 2.16. The van der Waals surface area contributed by atoms with Gasteiger partial charge in [-0.25, -0.2) is 0 Å². The molecule has 1 amide bonds. The Labute approximate surface area is 87.1 Å². The first kappa shape index (κ1) is 11.3. The van der Waals surface area contributed by atoms with Crippen molar-refractivity contribution < 1.29 is 14.2 Å². The summed E-state index contributed by atoms with van der Waals surface area (Å²) in [6.45, 7) is -3.16. The number of hydrogen-bond acceptors (Lipinski definition) is 3. The molecule has 0 saturated heterocycles. The van der Waals surface area contributed by atoms with Crippen LogP contribution in [0.3, 0.4) is 0 Å². The van der Waals surface area contributed by atoms with Gasteiger partial charge in [0.1, 0.15) is 0 Å². The minimum absolute atomic E-state index is 0.432. The molecule has 1 unspecified atom stereocenters. The first-order chi connectivity index (χ1) is 6.55. The molecule has 0 fully saturated rings. The second-order valence-electron chi connectivity index (χ2n) is 2.51. The van der Waals surface area contributed by atoms with Crippen molar-refractivity contribution in [2.45, 2.75) is 0 Å². The molecule has 6 heteroatoms. The zero-order chi connectivity index (χ0) is 10.6. The van der Waals surface area contributed by atoms with Gasteiger partial charge in [-0.3, -0.25) is 9.88 Å². The molecule has 0 radical (unpaired) electrons. The fourth-order valence-electron chi connectivity index (χ4n) is 0.828. The molecule has 0 spiro atoms. The monoisotopic (exact) mass is 231 g/mol. The number of benzene rings is 1. The first-order valence-corrected chi connectivity index (χ1v) is 6.48. The highest BCUT2D eigenvalue weighted by atomic mass is 32.5. The number of carbonyl (C=O) groups is 1. The fourth-order valence-corrected chi connectivity index (χ4v) is 1.55. The van der Waals surface area contributed by atoms with Gasteiger partial charge in [-0.1, -0.05) is 18.2 Å². The van der Waals surface area contributed by atoms with E-state index >= 15 is 0 Å². The van der Waals surface area contributed by atoms with Crippen molar-refractivity contribution in [3.63, 3.8) is 0 Å². The molecule has 0 aliphatic carbocycles. The van der Waals surface area contributed by atoms with Crippen molar-refractivity contribution in [2.24, 2.45) is 0 Å². The van der Waals surface area contributed by atoms with Crippen LogP contribution in [0.25, 0.3) is 0 Å². The van der Waals surface area contributed by atoms with E-state index in [1.807, 2.05) is 0 Å². The van der Waals surface area contributed by atoms with E-state index in [9.17, 15) is 9.69 Å². The maximum atomic E-state index is 11.4. The van der Waals surface area contributed by atoms with Crippen molar-refractivity contribution in [1.29, 1.82) is 0 Å². The largest absolute Gasteiger partial charge is 0.329 e. The van der Waals surface area contributed by atoms with Gasteiger partial charge in [0.15, 0.2) is 0 Å². The van der Waals surface area contributed by atoms with Gasteiger partial charge in [-0.15, -0.1) is 0 Å². The van der Waals surface area contributed by atoms with Crippen LogP contribution in [-0.4, -0.2) is 17.9 Å². The van der Waals surface area contributed by atoms with E-state index in [0.29, 0.717) is 5.56 Å². The molecule has 0 aromatic heterocycles. The smallest absolute Gasteiger partial charge is 0.287 e. The summed E-state index contributed by atoms with van der Waals surface area (Å²) in [5, 5.41) is 2.24. The summed E-state index contributed by atoms with van der Waals surface area (Å²) in [4.78, 5) is 20.8. The van der Waals surface area contributed by atoms with Gasteiger partial charge in [-0.05, 0) is 23.9 Å². The van der Waals surface area contributed by atoms with Crippen LogP contribution in [0.1, 0.15) is 10.4 Å². The maximum absolute atomic E-state index is 11.4. The molecule has 0 heterocycles. The highest BCUT2D eigenvalue weighted by molar-refractivity contribution is 8.08. The Bertz CT molecular complexity index is 368. The van der Waals surface area contributed by atoms with Gasteiger partial charge in [0.05, 0.1) is 0 Å². The molecule has 4 nitrogen and oxygen atoms in total. The van der Waals surface area contributed by atoms with Crippen molar-refractivity contribution in [3.05, 3.63) is 35.9 Å². The zero-order valence-electron chi connectivity index (χ0n) is 7.51. The second-order valence-corrected chi connectivity index (χ2v) is 5.62. The van der Waals surface area contributed by atoms with Crippen LogP contribution in [0, 0.1) is 0 Å².